The van der Waals surface area contributed by atoms with Crippen LogP contribution >= 0.6 is 0 Å². The van der Waals surface area contributed by atoms with Crippen molar-refractivity contribution in [2.45, 2.75) is 65.8 Å². The van der Waals surface area contributed by atoms with E-state index in [1.165, 1.54) is 42.4 Å². The van der Waals surface area contributed by atoms with E-state index in [0.29, 0.717) is 0 Å². The minimum Gasteiger partial charge on any atom is -0.324 e. The van der Waals surface area contributed by atoms with Gasteiger partial charge in [-0.2, -0.15) is 0 Å². The molecule has 1 aromatic rings. The first-order valence-corrected chi connectivity index (χ1v) is 7.41. The summed E-state index contributed by atoms with van der Waals surface area (Å²) in [5.74, 6) is 0.778. The van der Waals surface area contributed by atoms with Gasteiger partial charge in [0.2, 0.25) is 0 Å². The fourth-order valence-corrected chi connectivity index (χ4v) is 2.64. The Morgan fingerprint density at radius 3 is 2.50 bits per heavy atom. The lowest BCUT2D eigenvalue weighted by Gasteiger charge is -2.22. The van der Waals surface area contributed by atoms with Crippen molar-refractivity contribution in [2.75, 3.05) is 0 Å². The number of nitrogens with two attached hydrogens (primary N) is 1. The van der Waals surface area contributed by atoms with E-state index in [9.17, 15) is 0 Å². The molecule has 0 fully saturated rings. The first-order valence-electron chi connectivity index (χ1n) is 7.41. The Kier molecular flexibility index (Phi) is 6.42. The molecule has 0 spiro atoms. The molecule has 2 N–H and O–H groups in total. The standard InChI is InChI=1S/C17H29N/c1-5-7-10-15(6-2)12-17(18)16-11-8-9-13(3)14(16)4/h8-9,11,15,17H,5-7,10,12,18H2,1-4H3. The molecular weight excluding hydrogens is 218 g/mol. The van der Waals surface area contributed by atoms with Crippen LogP contribution in [-0.4, -0.2) is 0 Å². The SMILES string of the molecule is CCCCC(CC)CC(N)c1cccc(C)c1C. The summed E-state index contributed by atoms with van der Waals surface area (Å²) in [4.78, 5) is 0. The second-order valence-electron chi connectivity index (χ2n) is 5.55. The number of unbranched alkanes of at least 4 members (excludes halogenated alkanes) is 1. The number of aryl methyl sites for hydroxylation is 1. The molecule has 0 radical (unpaired) electrons. The first kappa shape index (κ1) is 15.2. The summed E-state index contributed by atoms with van der Waals surface area (Å²) in [6, 6.07) is 6.69. The molecule has 0 saturated heterocycles. The van der Waals surface area contributed by atoms with Crippen LogP contribution in [0, 0.1) is 19.8 Å². The fraction of sp³-hybridized carbons (Fsp3) is 0.647. The van der Waals surface area contributed by atoms with Crippen molar-refractivity contribution in [2.24, 2.45) is 11.7 Å². The van der Waals surface area contributed by atoms with E-state index < -0.39 is 0 Å². The maximum absolute atomic E-state index is 6.41. The van der Waals surface area contributed by atoms with Crippen molar-refractivity contribution >= 4 is 0 Å². The van der Waals surface area contributed by atoms with Crippen LogP contribution in [0.2, 0.25) is 0 Å². The Balaban J connectivity index is 2.68. The maximum Gasteiger partial charge on any atom is 0.0300 e. The van der Waals surface area contributed by atoms with E-state index in [1.54, 1.807) is 0 Å². The minimum absolute atomic E-state index is 0.201. The molecular formula is C17H29N. The van der Waals surface area contributed by atoms with Crippen LogP contribution in [-0.2, 0) is 0 Å². The predicted molar refractivity (Wildman–Crippen MR) is 80.8 cm³/mol. The molecule has 0 amide bonds. The smallest absolute Gasteiger partial charge is 0.0300 e. The summed E-state index contributed by atoms with van der Waals surface area (Å²) in [6.07, 6.45) is 6.32. The van der Waals surface area contributed by atoms with Crippen molar-refractivity contribution < 1.29 is 0 Å². The van der Waals surface area contributed by atoms with Gasteiger partial charge in [0.1, 0.15) is 0 Å². The minimum atomic E-state index is 0.201. The summed E-state index contributed by atoms with van der Waals surface area (Å²) in [7, 11) is 0. The Bertz CT molecular complexity index is 357. The van der Waals surface area contributed by atoms with Gasteiger partial charge < -0.3 is 5.73 Å². The molecule has 0 aliphatic rings. The molecule has 0 aromatic heterocycles. The third kappa shape index (κ3) is 4.13. The average Bonchev–Trinajstić information content (AvgIpc) is 2.37. The van der Waals surface area contributed by atoms with Gasteiger partial charge in [-0.25, -0.2) is 0 Å². The van der Waals surface area contributed by atoms with Crippen LogP contribution < -0.4 is 5.73 Å². The van der Waals surface area contributed by atoms with Gasteiger partial charge in [0.05, 0.1) is 0 Å². The molecule has 1 rings (SSSR count). The largest absolute Gasteiger partial charge is 0.324 e. The molecule has 2 atom stereocenters. The Labute approximate surface area is 113 Å². The highest BCUT2D eigenvalue weighted by molar-refractivity contribution is 5.35. The van der Waals surface area contributed by atoms with E-state index in [2.05, 4.69) is 45.9 Å². The lowest BCUT2D eigenvalue weighted by molar-refractivity contribution is 0.388. The van der Waals surface area contributed by atoms with Gasteiger partial charge >= 0.3 is 0 Å². The summed E-state index contributed by atoms with van der Waals surface area (Å²) in [5, 5.41) is 0. The van der Waals surface area contributed by atoms with Crippen LogP contribution in [0.5, 0.6) is 0 Å². The van der Waals surface area contributed by atoms with Gasteiger partial charge in [-0.1, -0.05) is 57.7 Å². The van der Waals surface area contributed by atoms with Crippen molar-refractivity contribution in [1.29, 1.82) is 0 Å². The molecule has 18 heavy (non-hydrogen) atoms. The highest BCUT2D eigenvalue weighted by atomic mass is 14.6. The first-order chi connectivity index (χ1) is 8.60. The molecule has 0 heterocycles. The maximum atomic E-state index is 6.41. The van der Waals surface area contributed by atoms with Crippen LogP contribution in [0.15, 0.2) is 18.2 Å². The van der Waals surface area contributed by atoms with Crippen LogP contribution in [0.1, 0.15) is 68.7 Å². The van der Waals surface area contributed by atoms with Crippen LogP contribution in [0.3, 0.4) is 0 Å². The monoisotopic (exact) mass is 247 g/mol. The number of hydrogen-bond acceptors (Lipinski definition) is 1. The van der Waals surface area contributed by atoms with Gasteiger partial charge in [0.15, 0.2) is 0 Å². The normalized spacial score (nSPS) is 14.5. The zero-order valence-corrected chi connectivity index (χ0v) is 12.5. The van der Waals surface area contributed by atoms with Gasteiger partial charge in [-0.05, 0) is 42.9 Å². The topological polar surface area (TPSA) is 26.0 Å². The quantitative estimate of drug-likeness (QED) is 0.728. The second kappa shape index (κ2) is 7.58. The molecule has 0 aliphatic carbocycles. The molecule has 2 unspecified atom stereocenters. The van der Waals surface area contributed by atoms with E-state index >= 15 is 0 Å². The van der Waals surface area contributed by atoms with Crippen molar-refractivity contribution in [1.82, 2.24) is 0 Å². The second-order valence-corrected chi connectivity index (χ2v) is 5.55. The van der Waals surface area contributed by atoms with Crippen LogP contribution in [0.25, 0.3) is 0 Å². The summed E-state index contributed by atoms with van der Waals surface area (Å²) >= 11 is 0. The number of hydrogen-bond donors (Lipinski definition) is 1. The number of rotatable bonds is 7. The van der Waals surface area contributed by atoms with E-state index in [0.717, 1.165) is 12.3 Å². The molecule has 0 saturated carbocycles. The molecule has 0 aliphatic heterocycles. The lowest BCUT2D eigenvalue weighted by Crippen LogP contribution is -2.16. The van der Waals surface area contributed by atoms with Gasteiger partial charge in [-0.15, -0.1) is 0 Å². The molecule has 0 bridgehead atoms. The summed E-state index contributed by atoms with van der Waals surface area (Å²) in [5.41, 5.74) is 10.5. The third-order valence-corrected chi connectivity index (χ3v) is 4.18. The lowest BCUT2D eigenvalue weighted by atomic mass is 9.87. The van der Waals surface area contributed by atoms with E-state index in [1.807, 2.05) is 0 Å². The fourth-order valence-electron chi connectivity index (χ4n) is 2.64. The number of benzene rings is 1. The average molecular weight is 247 g/mol. The third-order valence-electron chi connectivity index (χ3n) is 4.18. The van der Waals surface area contributed by atoms with E-state index in [4.69, 9.17) is 5.73 Å². The predicted octanol–water partition coefficient (Wildman–Crippen LogP) is 4.91. The zero-order valence-electron chi connectivity index (χ0n) is 12.5. The molecule has 1 aromatic carbocycles. The van der Waals surface area contributed by atoms with Crippen LogP contribution in [0.4, 0.5) is 0 Å². The molecule has 1 nitrogen and oxygen atoms in total. The molecule has 1 heteroatoms. The Morgan fingerprint density at radius 1 is 1.17 bits per heavy atom. The molecule has 102 valence electrons. The van der Waals surface area contributed by atoms with Gasteiger partial charge in [0.25, 0.3) is 0 Å². The Hall–Kier alpha value is -0.820. The highest BCUT2D eigenvalue weighted by Crippen LogP contribution is 2.27. The van der Waals surface area contributed by atoms with Crippen molar-refractivity contribution in [3.63, 3.8) is 0 Å². The van der Waals surface area contributed by atoms with Gasteiger partial charge in [0, 0.05) is 6.04 Å². The van der Waals surface area contributed by atoms with E-state index in [-0.39, 0.29) is 6.04 Å². The Morgan fingerprint density at radius 2 is 1.89 bits per heavy atom. The summed E-state index contributed by atoms with van der Waals surface area (Å²) in [6.45, 7) is 8.91. The van der Waals surface area contributed by atoms with Crippen molar-refractivity contribution in [3.8, 4) is 0 Å². The highest BCUT2D eigenvalue weighted by Gasteiger charge is 2.15. The van der Waals surface area contributed by atoms with Crippen molar-refractivity contribution in [3.05, 3.63) is 34.9 Å². The summed E-state index contributed by atoms with van der Waals surface area (Å²) < 4.78 is 0. The zero-order chi connectivity index (χ0) is 13.5. The van der Waals surface area contributed by atoms with Gasteiger partial charge in [-0.3, -0.25) is 0 Å².